The monoisotopic (exact) mass is 962 g/mol. The van der Waals surface area contributed by atoms with E-state index in [1.54, 1.807) is 28.1 Å². The topological polar surface area (TPSA) is 132 Å². The predicted molar refractivity (Wildman–Crippen MR) is 276 cm³/mol. The van der Waals surface area contributed by atoms with Gasteiger partial charge in [-0.25, -0.2) is 0 Å². The van der Waals surface area contributed by atoms with Crippen molar-refractivity contribution in [2.45, 2.75) is 97.4 Å². The van der Waals surface area contributed by atoms with E-state index in [4.69, 9.17) is 38.2 Å². The van der Waals surface area contributed by atoms with Crippen LogP contribution < -0.4 is 0 Å². The highest BCUT2D eigenvalue weighted by Gasteiger charge is 2.49. The van der Waals surface area contributed by atoms with Gasteiger partial charge in [-0.15, -0.1) is 19.3 Å². The molecule has 2 amide bonds. The van der Waals surface area contributed by atoms with Crippen molar-refractivity contribution >= 4 is 23.4 Å². The fourth-order valence-corrected chi connectivity index (χ4v) is 6.48. The summed E-state index contributed by atoms with van der Waals surface area (Å²) >= 11 is 0. The first-order chi connectivity index (χ1) is 35.2. The Bertz CT molecular complexity index is 3070. The van der Waals surface area contributed by atoms with Crippen molar-refractivity contribution in [3.8, 4) is 203 Å². The fourth-order valence-electron chi connectivity index (χ4n) is 6.48. The summed E-state index contributed by atoms with van der Waals surface area (Å²) < 4.78 is 22.7. The summed E-state index contributed by atoms with van der Waals surface area (Å²) in [6.07, 6.45) is 17.6. The summed E-state index contributed by atoms with van der Waals surface area (Å²) in [5.74, 6) is 74.7. The second kappa shape index (κ2) is 37.0. The maximum absolute atomic E-state index is 12.0. The first kappa shape index (κ1) is 61.1. The predicted octanol–water partition coefficient (Wildman–Crippen LogP) is 2.33. The van der Waals surface area contributed by atoms with Gasteiger partial charge in [-0.05, 0) is 210 Å². The Balaban J connectivity index is 0.000000487. The molecule has 4 aliphatic heterocycles. The number of carbonyl (C=O) groups excluding carboxylic acids is 4. The molecule has 11 heteroatoms. The average molecular weight is 963 g/mol. The number of rotatable bonds is 6. The number of aliphatic hydroxyl groups excluding tert-OH is 1. The molecular weight excluding hydrogens is 917 g/mol. The highest BCUT2D eigenvalue weighted by Crippen LogP contribution is 2.36. The van der Waals surface area contributed by atoms with Crippen molar-refractivity contribution in [2.75, 3.05) is 14.2 Å². The summed E-state index contributed by atoms with van der Waals surface area (Å²) in [6, 6.07) is 0. The van der Waals surface area contributed by atoms with Crippen LogP contribution in [0, 0.1) is 221 Å². The Morgan fingerprint density at radius 2 is 0.781 bits per heavy atom. The molecule has 11 nitrogen and oxygen atoms in total. The molecule has 73 heavy (non-hydrogen) atoms. The number of carbonyl (C=O) groups is 4. The maximum atomic E-state index is 12.0. The van der Waals surface area contributed by atoms with Gasteiger partial charge in [0.2, 0.25) is 11.8 Å². The quantitative estimate of drug-likeness (QED) is 0.315. The summed E-state index contributed by atoms with van der Waals surface area (Å²) in [5, 5.41) is 9.70. The summed E-state index contributed by atoms with van der Waals surface area (Å²) in [7, 11) is 3.18. The van der Waals surface area contributed by atoms with Gasteiger partial charge in [-0.2, -0.15) is 0 Å². The van der Waals surface area contributed by atoms with Crippen LogP contribution in [0.3, 0.4) is 0 Å². The number of methoxy groups -OCH3 is 2. The van der Waals surface area contributed by atoms with E-state index in [2.05, 4.69) is 204 Å². The number of aliphatic hydroxyl groups is 1. The number of amides is 2. The Morgan fingerprint density at radius 1 is 0.507 bits per heavy atom. The lowest BCUT2D eigenvalue weighted by atomic mass is 9.92. The maximum Gasteiger partial charge on any atom is 0.236 e. The van der Waals surface area contributed by atoms with E-state index in [-0.39, 0.29) is 66.4 Å². The molecule has 4 aliphatic rings. The molecule has 4 heterocycles. The molecule has 2 fully saturated rings. The van der Waals surface area contributed by atoms with Gasteiger partial charge in [0.25, 0.3) is 0 Å². The molecular formula is C62H46N2O9. The Morgan fingerprint density at radius 3 is 1.03 bits per heavy atom. The lowest BCUT2D eigenvalue weighted by Crippen LogP contribution is -2.45. The van der Waals surface area contributed by atoms with E-state index in [1.807, 2.05) is 6.92 Å². The van der Waals surface area contributed by atoms with E-state index in [0.29, 0.717) is 5.92 Å². The highest BCUT2D eigenvalue weighted by atomic mass is 16.6. The summed E-state index contributed by atoms with van der Waals surface area (Å²) in [5.41, 5.74) is 0. The Kier molecular flexibility index (Phi) is 31.0. The first-order valence-corrected chi connectivity index (χ1v) is 21.6. The minimum Gasteiger partial charge on any atom is -0.391 e. The molecule has 0 aromatic carbocycles. The standard InChI is InChI=1S/C18H2.C17H4.C14H21NO4.C13H19NO5/c1-3-5-7-9-11-13-15-17-18-16-14-12-10-8-6-4-2;1-3-5-7-9-11-13-15-17-16-14-12-10-8-6-4-2;1-8(2)12-9(3)13(18-4)14(19-12)15-6-5-10(16)7-11(15)17;1-7-11(8(2)15)19-13(12(7)18-3)14-5-4-9(16)6-10(14)17/h1-2H;1H,2H3;5-6,8-9,12-14H,7H2,1-4H3;4-5,7-8,11-13,15H,6H2,1-3H3/t;;9-,12-,13-,14-;7-,8-,11+,12-,13-/m..11/s1. The normalized spacial score (nSPS) is 20.6. The lowest BCUT2D eigenvalue weighted by molar-refractivity contribution is -0.152. The molecule has 358 valence electrons. The zero-order chi connectivity index (χ0) is 54.2. The minimum absolute atomic E-state index is 0.0474. The molecule has 0 saturated carbocycles. The minimum atomic E-state index is -0.650. The molecule has 0 spiro atoms. The van der Waals surface area contributed by atoms with E-state index in [0.717, 1.165) is 0 Å². The van der Waals surface area contributed by atoms with Crippen LogP contribution in [-0.2, 0) is 38.1 Å². The van der Waals surface area contributed by atoms with Crippen molar-refractivity contribution < 1.29 is 43.2 Å². The van der Waals surface area contributed by atoms with Crippen LogP contribution in [0.25, 0.3) is 0 Å². The number of nitrogens with zero attached hydrogens (tertiary/aromatic N) is 2. The van der Waals surface area contributed by atoms with Crippen LogP contribution in [0.15, 0.2) is 24.6 Å². The summed E-state index contributed by atoms with van der Waals surface area (Å²) in [6.45, 7) is 11.5. The number of terminal acetylenes is 3. The Labute approximate surface area is 431 Å². The zero-order valence-electron chi connectivity index (χ0n) is 41.3. The van der Waals surface area contributed by atoms with E-state index in [1.165, 1.54) is 34.4 Å². The third-order valence-electron chi connectivity index (χ3n) is 9.43. The molecule has 0 aromatic rings. The van der Waals surface area contributed by atoms with Crippen LogP contribution in [0.5, 0.6) is 0 Å². The molecule has 0 aliphatic carbocycles. The number of hydrogen-bond donors (Lipinski definition) is 1. The van der Waals surface area contributed by atoms with E-state index in [9.17, 15) is 24.3 Å². The molecule has 0 bridgehead atoms. The van der Waals surface area contributed by atoms with Crippen LogP contribution in [0.4, 0.5) is 0 Å². The smallest absolute Gasteiger partial charge is 0.236 e. The molecule has 9 atom stereocenters. The lowest BCUT2D eigenvalue weighted by Gasteiger charge is -2.30. The second-order valence-electron chi connectivity index (χ2n) is 14.7. The van der Waals surface area contributed by atoms with Gasteiger partial charge >= 0.3 is 0 Å². The number of ketones is 2. The third-order valence-corrected chi connectivity index (χ3v) is 9.43. The molecule has 0 radical (unpaired) electrons. The van der Waals surface area contributed by atoms with Crippen molar-refractivity contribution in [2.24, 2.45) is 17.8 Å². The van der Waals surface area contributed by atoms with Crippen LogP contribution in [0.2, 0.25) is 0 Å². The van der Waals surface area contributed by atoms with Crippen molar-refractivity contribution in [1.82, 2.24) is 9.80 Å². The molecule has 2 saturated heterocycles. The van der Waals surface area contributed by atoms with Gasteiger partial charge in [0.1, 0.15) is 12.2 Å². The van der Waals surface area contributed by atoms with E-state index < -0.39 is 24.7 Å². The van der Waals surface area contributed by atoms with Gasteiger partial charge in [-0.1, -0.05) is 33.6 Å². The largest absolute Gasteiger partial charge is 0.391 e. The number of hydrogen-bond acceptors (Lipinski definition) is 9. The van der Waals surface area contributed by atoms with Crippen molar-refractivity contribution in [3.05, 3.63) is 24.6 Å². The third kappa shape index (κ3) is 23.8. The highest BCUT2D eigenvalue weighted by molar-refractivity contribution is 6.07. The van der Waals surface area contributed by atoms with E-state index >= 15 is 0 Å². The fraction of sp³-hybridized carbons (Fsp3) is 0.323. The summed E-state index contributed by atoms with van der Waals surface area (Å²) in [4.78, 5) is 49.1. The zero-order valence-corrected chi connectivity index (χ0v) is 41.3. The van der Waals surface area contributed by atoms with Crippen LogP contribution >= 0.6 is 0 Å². The van der Waals surface area contributed by atoms with Crippen LogP contribution in [0.1, 0.15) is 54.4 Å². The van der Waals surface area contributed by atoms with Gasteiger partial charge < -0.3 is 24.1 Å². The average Bonchev–Trinajstić information content (AvgIpc) is 3.88. The molecule has 0 unspecified atom stereocenters. The number of ether oxygens (including phenoxy) is 4. The SMILES string of the molecule is C#CC#CC#CC#CC#CC#CC#CC#CC.C#CC#CC#CC#CC#CC#CC#CC#CC#C.CO[C@@H]1[C@H](C)[C@@H](C(C)C)O[C@H]1N1C=CC(=O)CC1=O.CO[C@@H]1[C@H](C)[C@@H]([C@@H](C)O)O[C@H]1N1C=CC(=O)CC1=O. The molecule has 4 rings (SSSR count). The first-order valence-electron chi connectivity index (χ1n) is 21.6. The Hall–Kier alpha value is -9.92. The second-order valence-corrected chi connectivity index (χ2v) is 14.7. The van der Waals surface area contributed by atoms with Gasteiger partial charge in [0.05, 0.1) is 31.2 Å². The van der Waals surface area contributed by atoms with Crippen molar-refractivity contribution in [1.29, 1.82) is 0 Å². The number of allylic oxidation sites excluding steroid dienone is 2. The van der Waals surface area contributed by atoms with Gasteiger partial charge in [-0.3, -0.25) is 29.0 Å². The van der Waals surface area contributed by atoms with Crippen molar-refractivity contribution in [3.63, 3.8) is 0 Å². The molecule has 0 aromatic heterocycles. The van der Waals surface area contributed by atoms with Gasteiger partial charge in [0.15, 0.2) is 24.0 Å². The molecule has 1 N–H and O–H groups in total. The van der Waals surface area contributed by atoms with Gasteiger partial charge in [0, 0.05) is 38.5 Å². The van der Waals surface area contributed by atoms with Crippen LogP contribution in [-0.4, -0.2) is 95.5 Å².